The van der Waals surface area contributed by atoms with E-state index >= 15 is 0 Å². The van der Waals surface area contributed by atoms with Crippen molar-refractivity contribution in [1.29, 1.82) is 0 Å². The third-order valence-electron chi connectivity index (χ3n) is 2.93. The molecular weight excluding hydrogens is 195 g/mol. The van der Waals surface area contributed by atoms with Crippen LogP contribution in [0.5, 0.6) is 0 Å². The Kier molecular flexibility index (Phi) is 2.34. The zero-order valence-electron chi connectivity index (χ0n) is 8.29. The van der Waals surface area contributed by atoms with Crippen LogP contribution in [0.25, 0.3) is 0 Å². The summed E-state index contributed by atoms with van der Waals surface area (Å²) in [6, 6.07) is 6.30. The lowest BCUT2D eigenvalue weighted by Crippen LogP contribution is -2.55. The van der Waals surface area contributed by atoms with E-state index in [1.807, 2.05) is 0 Å². The van der Waals surface area contributed by atoms with Gasteiger partial charge in [-0.2, -0.15) is 0 Å². The van der Waals surface area contributed by atoms with Crippen molar-refractivity contribution >= 4 is 11.6 Å². The molecule has 0 radical (unpaired) electrons. The number of anilines is 1. The molecular formula is C11H13FN2O. The van der Waals surface area contributed by atoms with E-state index in [0.29, 0.717) is 18.5 Å². The average Bonchev–Trinajstić information content (AvgIpc) is 2.13. The monoisotopic (exact) mass is 208 g/mol. The highest BCUT2D eigenvalue weighted by Crippen LogP contribution is 2.35. The van der Waals surface area contributed by atoms with Crippen LogP contribution < -0.4 is 11.1 Å². The number of amides is 1. The van der Waals surface area contributed by atoms with Crippen LogP contribution in [0.1, 0.15) is 19.3 Å². The van der Waals surface area contributed by atoms with Crippen molar-refractivity contribution in [2.45, 2.75) is 24.8 Å². The van der Waals surface area contributed by atoms with Crippen molar-refractivity contribution in [1.82, 2.24) is 0 Å². The van der Waals surface area contributed by atoms with Gasteiger partial charge in [-0.05, 0) is 31.4 Å². The summed E-state index contributed by atoms with van der Waals surface area (Å²) in [4.78, 5) is 11.3. The molecule has 3 nitrogen and oxygen atoms in total. The third kappa shape index (κ3) is 1.67. The van der Waals surface area contributed by atoms with E-state index in [-0.39, 0.29) is 5.82 Å². The molecule has 1 fully saturated rings. The molecule has 1 aromatic rings. The Morgan fingerprint density at radius 2 is 2.07 bits per heavy atom. The number of primary amides is 1. The highest BCUT2D eigenvalue weighted by atomic mass is 19.1. The molecule has 0 aromatic heterocycles. The summed E-state index contributed by atoms with van der Waals surface area (Å²) in [5.74, 6) is -0.762. The maximum absolute atomic E-state index is 13.3. The number of carbonyl (C=O) groups is 1. The molecule has 1 saturated carbocycles. The molecule has 0 atom stereocenters. The summed E-state index contributed by atoms with van der Waals surface area (Å²) in [5.41, 5.74) is 4.92. The minimum atomic E-state index is -0.734. The molecule has 80 valence electrons. The number of rotatable bonds is 3. The molecule has 0 unspecified atom stereocenters. The van der Waals surface area contributed by atoms with Gasteiger partial charge in [0.2, 0.25) is 5.91 Å². The van der Waals surface area contributed by atoms with Gasteiger partial charge in [0.25, 0.3) is 0 Å². The van der Waals surface area contributed by atoms with Gasteiger partial charge < -0.3 is 11.1 Å². The largest absolute Gasteiger partial charge is 0.369 e. The molecule has 1 aliphatic carbocycles. The highest BCUT2D eigenvalue weighted by Gasteiger charge is 2.42. The summed E-state index contributed by atoms with van der Waals surface area (Å²) in [5, 5.41) is 2.91. The van der Waals surface area contributed by atoms with Crippen molar-refractivity contribution in [3.8, 4) is 0 Å². The predicted octanol–water partition coefficient (Wildman–Crippen LogP) is 1.65. The fourth-order valence-electron chi connectivity index (χ4n) is 1.78. The standard InChI is InChI=1S/C11H13FN2O/c12-8-4-1-2-5-9(8)14-11(10(13)15)6-3-7-11/h1-2,4-5,14H,3,6-7H2,(H2,13,15). The fraction of sp³-hybridized carbons (Fsp3) is 0.364. The zero-order chi connectivity index (χ0) is 10.9. The maximum Gasteiger partial charge on any atom is 0.243 e. The Morgan fingerprint density at radius 3 is 2.53 bits per heavy atom. The second kappa shape index (κ2) is 3.53. The quantitative estimate of drug-likeness (QED) is 0.793. The third-order valence-corrected chi connectivity index (χ3v) is 2.93. The molecule has 2 rings (SSSR count). The lowest BCUT2D eigenvalue weighted by molar-refractivity contribution is -0.124. The van der Waals surface area contributed by atoms with Gasteiger partial charge in [-0.3, -0.25) is 4.79 Å². The minimum Gasteiger partial charge on any atom is -0.369 e. The van der Waals surface area contributed by atoms with Gasteiger partial charge >= 0.3 is 0 Å². The summed E-state index contributed by atoms with van der Waals surface area (Å²) < 4.78 is 13.3. The van der Waals surface area contributed by atoms with Crippen LogP contribution in [0, 0.1) is 5.82 Å². The van der Waals surface area contributed by atoms with Gasteiger partial charge in [-0.25, -0.2) is 4.39 Å². The van der Waals surface area contributed by atoms with Gasteiger partial charge in [0.1, 0.15) is 11.4 Å². The number of halogens is 1. The number of nitrogens with one attached hydrogen (secondary N) is 1. The molecule has 1 amide bonds. The summed E-state index contributed by atoms with van der Waals surface area (Å²) in [6.45, 7) is 0. The minimum absolute atomic E-state index is 0.344. The van der Waals surface area contributed by atoms with Crippen LogP contribution in [0.4, 0.5) is 10.1 Å². The van der Waals surface area contributed by atoms with Crippen molar-refractivity contribution in [3.05, 3.63) is 30.1 Å². The number of para-hydroxylation sites is 1. The first-order chi connectivity index (χ1) is 7.14. The molecule has 4 heteroatoms. The first kappa shape index (κ1) is 9.96. The van der Waals surface area contributed by atoms with Crippen LogP contribution >= 0.6 is 0 Å². The summed E-state index contributed by atoms with van der Waals surface area (Å²) in [6.07, 6.45) is 2.30. The highest BCUT2D eigenvalue weighted by molar-refractivity contribution is 5.89. The average molecular weight is 208 g/mol. The second-order valence-corrected chi connectivity index (χ2v) is 3.90. The smallest absolute Gasteiger partial charge is 0.243 e. The Hall–Kier alpha value is -1.58. The number of nitrogens with two attached hydrogens (primary N) is 1. The lowest BCUT2D eigenvalue weighted by atomic mass is 9.76. The topological polar surface area (TPSA) is 55.1 Å². The fourth-order valence-corrected chi connectivity index (χ4v) is 1.78. The van der Waals surface area contributed by atoms with E-state index in [1.54, 1.807) is 18.2 Å². The van der Waals surface area contributed by atoms with Gasteiger partial charge in [0.05, 0.1) is 5.69 Å². The molecule has 1 aromatic carbocycles. The van der Waals surface area contributed by atoms with Crippen LogP contribution in [0.3, 0.4) is 0 Å². The van der Waals surface area contributed by atoms with Gasteiger partial charge in [-0.15, -0.1) is 0 Å². The first-order valence-corrected chi connectivity index (χ1v) is 4.97. The van der Waals surface area contributed by atoms with Crippen molar-refractivity contribution in [3.63, 3.8) is 0 Å². The summed E-state index contributed by atoms with van der Waals surface area (Å²) in [7, 11) is 0. The normalized spacial score (nSPS) is 17.9. The van der Waals surface area contributed by atoms with E-state index in [2.05, 4.69) is 5.32 Å². The zero-order valence-corrected chi connectivity index (χ0v) is 8.29. The molecule has 1 aliphatic rings. The number of carbonyl (C=O) groups excluding carboxylic acids is 1. The van der Waals surface area contributed by atoms with Crippen molar-refractivity contribution in [2.75, 3.05) is 5.32 Å². The Morgan fingerprint density at radius 1 is 1.40 bits per heavy atom. The number of hydrogen-bond donors (Lipinski definition) is 2. The van der Waals surface area contributed by atoms with E-state index in [0.717, 1.165) is 6.42 Å². The first-order valence-electron chi connectivity index (χ1n) is 4.97. The van der Waals surface area contributed by atoms with Crippen molar-refractivity contribution in [2.24, 2.45) is 5.73 Å². The molecule has 0 heterocycles. The van der Waals surface area contributed by atoms with Gasteiger partial charge in [0.15, 0.2) is 0 Å². The molecule has 0 aliphatic heterocycles. The number of hydrogen-bond acceptors (Lipinski definition) is 2. The van der Waals surface area contributed by atoms with Gasteiger partial charge in [0, 0.05) is 0 Å². The Balaban J connectivity index is 2.21. The van der Waals surface area contributed by atoms with E-state index < -0.39 is 11.4 Å². The molecule has 0 bridgehead atoms. The van der Waals surface area contributed by atoms with E-state index in [1.165, 1.54) is 6.07 Å². The second-order valence-electron chi connectivity index (χ2n) is 3.90. The number of benzene rings is 1. The molecule has 3 N–H and O–H groups in total. The maximum atomic E-state index is 13.3. The Labute approximate surface area is 87.5 Å². The lowest BCUT2D eigenvalue weighted by Gasteiger charge is -2.40. The van der Waals surface area contributed by atoms with E-state index in [4.69, 9.17) is 5.73 Å². The predicted molar refractivity (Wildman–Crippen MR) is 55.8 cm³/mol. The van der Waals surface area contributed by atoms with Crippen LogP contribution in [0.15, 0.2) is 24.3 Å². The van der Waals surface area contributed by atoms with Crippen LogP contribution in [-0.2, 0) is 4.79 Å². The Bertz CT molecular complexity index is 388. The van der Waals surface area contributed by atoms with Gasteiger partial charge in [-0.1, -0.05) is 12.1 Å². The molecule has 0 spiro atoms. The van der Waals surface area contributed by atoms with E-state index in [9.17, 15) is 9.18 Å². The summed E-state index contributed by atoms with van der Waals surface area (Å²) >= 11 is 0. The molecule has 0 saturated heterocycles. The van der Waals surface area contributed by atoms with Crippen LogP contribution in [-0.4, -0.2) is 11.4 Å². The SMILES string of the molecule is NC(=O)C1(Nc2ccccc2F)CCC1. The van der Waals surface area contributed by atoms with Crippen LogP contribution in [0.2, 0.25) is 0 Å². The van der Waals surface area contributed by atoms with Crippen molar-refractivity contribution < 1.29 is 9.18 Å². The molecule has 15 heavy (non-hydrogen) atoms.